The minimum atomic E-state index is -0.511. The number of rotatable bonds is 3. The second kappa shape index (κ2) is 6.72. The van der Waals surface area contributed by atoms with Crippen LogP contribution in [-0.2, 0) is 6.54 Å². The predicted octanol–water partition coefficient (Wildman–Crippen LogP) is 3.67. The highest BCUT2D eigenvalue weighted by atomic mass is 19.1. The summed E-state index contributed by atoms with van der Waals surface area (Å²) < 4.78 is 13.1. The van der Waals surface area contributed by atoms with Crippen LogP contribution >= 0.6 is 0 Å². The van der Waals surface area contributed by atoms with E-state index in [4.69, 9.17) is 5.26 Å². The molecule has 112 valence electrons. The van der Waals surface area contributed by atoms with Gasteiger partial charge >= 0.3 is 6.03 Å². The van der Waals surface area contributed by atoms with Gasteiger partial charge < -0.3 is 10.2 Å². The average Bonchev–Trinajstić information content (AvgIpc) is 2.51. The van der Waals surface area contributed by atoms with E-state index < -0.39 is 5.82 Å². The lowest BCUT2D eigenvalue weighted by atomic mass is 10.1. The molecule has 4 nitrogen and oxygen atoms in total. The first-order valence-electron chi connectivity index (χ1n) is 6.77. The molecule has 0 aliphatic rings. The summed E-state index contributed by atoms with van der Waals surface area (Å²) >= 11 is 0. The van der Waals surface area contributed by atoms with Crippen molar-refractivity contribution in [2.75, 3.05) is 12.4 Å². The number of hydrogen-bond donors (Lipinski definition) is 1. The zero-order chi connectivity index (χ0) is 16.1. The number of anilines is 1. The first-order chi connectivity index (χ1) is 10.5. The van der Waals surface area contributed by atoms with Crippen LogP contribution in [-0.4, -0.2) is 18.0 Å². The number of carbonyl (C=O) groups is 1. The molecular weight excluding hydrogens is 281 g/mol. The number of hydrogen-bond acceptors (Lipinski definition) is 2. The third-order valence-electron chi connectivity index (χ3n) is 3.36. The van der Waals surface area contributed by atoms with E-state index in [1.165, 1.54) is 17.0 Å². The van der Waals surface area contributed by atoms with Crippen molar-refractivity contribution in [1.82, 2.24) is 4.90 Å². The van der Waals surface area contributed by atoms with Gasteiger partial charge in [-0.05, 0) is 36.2 Å². The Balaban J connectivity index is 2.09. The SMILES string of the molecule is Cc1ccccc1CN(C)C(=O)Nc1ccc(F)cc1C#N. The quantitative estimate of drug-likeness (QED) is 0.939. The number of benzene rings is 2. The van der Waals surface area contributed by atoms with Crippen LogP contribution in [0.2, 0.25) is 0 Å². The van der Waals surface area contributed by atoms with E-state index in [0.717, 1.165) is 17.2 Å². The lowest BCUT2D eigenvalue weighted by Gasteiger charge is -2.19. The molecule has 0 saturated carbocycles. The molecule has 0 spiro atoms. The summed E-state index contributed by atoms with van der Waals surface area (Å²) in [6.45, 7) is 2.43. The molecule has 2 aromatic carbocycles. The fraction of sp³-hybridized carbons (Fsp3) is 0.176. The predicted molar refractivity (Wildman–Crippen MR) is 82.8 cm³/mol. The van der Waals surface area contributed by atoms with Gasteiger partial charge in [0.1, 0.15) is 11.9 Å². The molecular formula is C17H16FN3O. The highest BCUT2D eigenvalue weighted by molar-refractivity contribution is 5.90. The highest BCUT2D eigenvalue weighted by Gasteiger charge is 2.13. The van der Waals surface area contributed by atoms with Crippen molar-refractivity contribution in [3.8, 4) is 6.07 Å². The number of nitrogens with zero attached hydrogens (tertiary/aromatic N) is 2. The zero-order valence-electron chi connectivity index (χ0n) is 12.4. The Morgan fingerprint density at radius 2 is 2.05 bits per heavy atom. The Labute approximate surface area is 128 Å². The van der Waals surface area contributed by atoms with Gasteiger partial charge in [-0.2, -0.15) is 5.26 Å². The minimum absolute atomic E-state index is 0.0950. The van der Waals surface area contributed by atoms with E-state index in [1.807, 2.05) is 37.3 Å². The second-order valence-electron chi connectivity index (χ2n) is 5.01. The molecule has 2 amide bonds. The number of nitrogens with one attached hydrogen (secondary N) is 1. The highest BCUT2D eigenvalue weighted by Crippen LogP contribution is 2.17. The maximum absolute atomic E-state index is 13.1. The zero-order valence-corrected chi connectivity index (χ0v) is 12.4. The van der Waals surface area contributed by atoms with E-state index in [9.17, 15) is 9.18 Å². The summed E-state index contributed by atoms with van der Waals surface area (Å²) in [5, 5.41) is 11.6. The van der Waals surface area contributed by atoms with Gasteiger partial charge in [-0.25, -0.2) is 9.18 Å². The van der Waals surface area contributed by atoms with Crippen molar-refractivity contribution in [2.24, 2.45) is 0 Å². The van der Waals surface area contributed by atoms with E-state index in [0.29, 0.717) is 12.2 Å². The Kier molecular flexibility index (Phi) is 4.74. The van der Waals surface area contributed by atoms with E-state index in [2.05, 4.69) is 5.32 Å². The van der Waals surface area contributed by atoms with Gasteiger partial charge in [0.05, 0.1) is 11.3 Å². The summed E-state index contributed by atoms with van der Waals surface area (Å²) in [7, 11) is 1.66. The first-order valence-corrected chi connectivity index (χ1v) is 6.77. The van der Waals surface area contributed by atoms with Crippen LogP contribution < -0.4 is 5.32 Å². The van der Waals surface area contributed by atoms with Crippen molar-refractivity contribution in [1.29, 1.82) is 5.26 Å². The summed E-state index contributed by atoms with van der Waals surface area (Å²) in [5.74, 6) is -0.511. The number of amides is 2. The van der Waals surface area contributed by atoms with Crippen LogP contribution in [0.15, 0.2) is 42.5 Å². The Bertz CT molecular complexity index is 737. The van der Waals surface area contributed by atoms with Crippen molar-refractivity contribution in [3.05, 3.63) is 65.0 Å². The molecule has 0 radical (unpaired) electrons. The number of nitriles is 1. The van der Waals surface area contributed by atoms with Gasteiger partial charge in [-0.3, -0.25) is 0 Å². The third-order valence-corrected chi connectivity index (χ3v) is 3.36. The fourth-order valence-corrected chi connectivity index (χ4v) is 2.04. The molecule has 2 aromatic rings. The van der Waals surface area contributed by atoms with Gasteiger partial charge in [0.25, 0.3) is 0 Å². The number of halogens is 1. The van der Waals surface area contributed by atoms with Crippen LogP contribution in [0.25, 0.3) is 0 Å². The maximum Gasteiger partial charge on any atom is 0.321 e. The molecule has 0 saturated heterocycles. The normalized spacial score (nSPS) is 9.91. The molecule has 0 bridgehead atoms. The van der Waals surface area contributed by atoms with Gasteiger partial charge in [0, 0.05) is 13.6 Å². The van der Waals surface area contributed by atoms with Crippen LogP contribution in [0.4, 0.5) is 14.9 Å². The monoisotopic (exact) mass is 297 g/mol. The second-order valence-corrected chi connectivity index (χ2v) is 5.01. The lowest BCUT2D eigenvalue weighted by molar-refractivity contribution is 0.220. The first kappa shape index (κ1) is 15.5. The number of aryl methyl sites for hydroxylation is 1. The van der Waals surface area contributed by atoms with Crippen molar-refractivity contribution in [2.45, 2.75) is 13.5 Å². The van der Waals surface area contributed by atoms with Crippen molar-refractivity contribution < 1.29 is 9.18 Å². The molecule has 22 heavy (non-hydrogen) atoms. The molecule has 0 aliphatic carbocycles. The summed E-state index contributed by atoms with van der Waals surface area (Å²) in [6.07, 6.45) is 0. The molecule has 0 aliphatic heterocycles. The van der Waals surface area contributed by atoms with E-state index in [-0.39, 0.29) is 11.6 Å². The number of urea groups is 1. The molecule has 0 aromatic heterocycles. The lowest BCUT2D eigenvalue weighted by Crippen LogP contribution is -2.31. The molecule has 0 unspecified atom stereocenters. The van der Waals surface area contributed by atoms with Gasteiger partial charge in [-0.15, -0.1) is 0 Å². The molecule has 0 fully saturated rings. The van der Waals surface area contributed by atoms with Gasteiger partial charge in [0.2, 0.25) is 0 Å². The van der Waals surface area contributed by atoms with Crippen LogP contribution in [0, 0.1) is 24.1 Å². The standard InChI is InChI=1S/C17H16FN3O/c1-12-5-3-4-6-13(12)11-21(2)17(22)20-16-8-7-15(18)9-14(16)10-19/h3-9H,11H2,1-2H3,(H,20,22). The summed E-state index contributed by atoms with van der Waals surface area (Å²) in [6, 6.07) is 13.0. The molecule has 0 atom stereocenters. The summed E-state index contributed by atoms with van der Waals surface area (Å²) in [5.41, 5.74) is 2.53. The van der Waals surface area contributed by atoms with Crippen LogP contribution in [0.3, 0.4) is 0 Å². The Morgan fingerprint density at radius 1 is 1.32 bits per heavy atom. The van der Waals surface area contributed by atoms with Gasteiger partial charge in [-0.1, -0.05) is 24.3 Å². The van der Waals surface area contributed by atoms with Crippen molar-refractivity contribution >= 4 is 11.7 Å². The molecule has 0 heterocycles. The van der Waals surface area contributed by atoms with E-state index in [1.54, 1.807) is 7.05 Å². The smallest absolute Gasteiger partial charge is 0.321 e. The number of carbonyl (C=O) groups excluding carboxylic acids is 1. The molecule has 5 heteroatoms. The average molecular weight is 297 g/mol. The Morgan fingerprint density at radius 3 is 2.73 bits per heavy atom. The minimum Gasteiger partial charge on any atom is -0.323 e. The fourth-order valence-electron chi connectivity index (χ4n) is 2.04. The topological polar surface area (TPSA) is 56.1 Å². The van der Waals surface area contributed by atoms with E-state index >= 15 is 0 Å². The maximum atomic E-state index is 13.1. The Hall–Kier alpha value is -2.87. The largest absolute Gasteiger partial charge is 0.323 e. The molecule has 2 rings (SSSR count). The van der Waals surface area contributed by atoms with Crippen molar-refractivity contribution in [3.63, 3.8) is 0 Å². The van der Waals surface area contributed by atoms with Gasteiger partial charge in [0.15, 0.2) is 0 Å². The third kappa shape index (κ3) is 3.61. The molecule has 1 N–H and O–H groups in total. The van der Waals surface area contributed by atoms with Crippen LogP contribution in [0.1, 0.15) is 16.7 Å². The van der Waals surface area contributed by atoms with Crippen LogP contribution in [0.5, 0.6) is 0 Å². The summed E-state index contributed by atoms with van der Waals surface area (Å²) in [4.78, 5) is 13.7.